The summed E-state index contributed by atoms with van der Waals surface area (Å²) < 4.78 is 66.7. The van der Waals surface area contributed by atoms with Crippen molar-refractivity contribution in [2.24, 2.45) is 0 Å². The van der Waals surface area contributed by atoms with Crippen molar-refractivity contribution in [3.63, 3.8) is 0 Å². The van der Waals surface area contributed by atoms with Gasteiger partial charge < -0.3 is 5.32 Å². The van der Waals surface area contributed by atoms with Crippen LogP contribution in [0.3, 0.4) is 0 Å². The molecule has 0 bridgehead atoms. The fourth-order valence-electron chi connectivity index (χ4n) is 4.00. The largest absolute Gasteiger partial charge is 0.416 e. The molecule has 6 nitrogen and oxygen atoms in total. The zero-order valence-corrected chi connectivity index (χ0v) is 19.9. The molecule has 1 aliphatic heterocycles. The van der Waals surface area contributed by atoms with Gasteiger partial charge in [-0.15, -0.1) is 0 Å². The first kappa shape index (κ1) is 25.2. The van der Waals surface area contributed by atoms with Crippen LogP contribution < -0.4 is 5.32 Å². The van der Waals surface area contributed by atoms with E-state index >= 15 is 0 Å². The lowest BCUT2D eigenvalue weighted by atomic mass is 10.0. The van der Waals surface area contributed by atoms with E-state index in [1.807, 2.05) is 33.8 Å². The highest BCUT2D eigenvalue weighted by Gasteiger charge is 2.33. The van der Waals surface area contributed by atoms with Crippen molar-refractivity contribution >= 4 is 21.6 Å². The van der Waals surface area contributed by atoms with E-state index in [9.17, 15) is 26.4 Å². The molecule has 1 amide bonds. The highest BCUT2D eigenvalue weighted by atomic mass is 32.2. The summed E-state index contributed by atoms with van der Waals surface area (Å²) in [4.78, 5) is 14.5. The summed E-state index contributed by atoms with van der Waals surface area (Å²) in [5.41, 5.74) is 2.54. The third kappa shape index (κ3) is 5.56. The summed E-state index contributed by atoms with van der Waals surface area (Å²) in [5, 5.41) is 2.48. The molecule has 2 aromatic rings. The van der Waals surface area contributed by atoms with E-state index < -0.39 is 27.7 Å². The van der Waals surface area contributed by atoms with E-state index in [1.165, 1.54) is 16.4 Å². The highest BCUT2D eigenvalue weighted by molar-refractivity contribution is 7.89. The molecular formula is C23H28F3N3O3S. The molecule has 1 N–H and O–H groups in total. The average Bonchev–Trinajstić information content (AvgIpc) is 2.72. The Balaban J connectivity index is 1.63. The van der Waals surface area contributed by atoms with Gasteiger partial charge in [-0.25, -0.2) is 8.42 Å². The minimum absolute atomic E-state index is 0.0360. The molecule has 2 aromatic carbocycles. The molecule has 1 saturated heterocycles. The number of nitrogens with zero attached hydrogens (tertiary/aromatic N) is 2. The number of rotatable bonds is 5. The fourth-order valence-corrected chi connectivity index (χ4v) is 6.00. The van der Waals surface area contributed by atoms with Gasteiger partial charge in [-0.2, -0.15) is 17.5 Å². The Labute approximate surface area is 192 Å². The Hall–Kier alpha value is -2.43. The molecule has 0 unspecified atom stereocenters. The summed E-state index contributed by atoms with van der Waals surface area (Å²) in [6.45, 7) is 8.51. The van der Waals surface area contributed by atoms with Gasteiger partial charge in [0.1, 0.15) is 0 Å². The number of sulfonamides is 1. The second-order valence-corrected chi connectivity index (χ2v) is 10.3. The lowest BCUT2D eigenvalue weighted by molar-refractivity contribution is -0.137. The zero-order chi connectivity index (χ0) is 24.6. The first-order valence-electron chi connectivity index (χ1n) is 10.6. The number of hydrogen-bond donors (Lipinski definition) is 1. The number of aryl methyl sites for hydroxylation is 2. The number of benzene rings is 2. The number of alkyl halides is 3. The van der Waals surface area contributed by atoms with Crippen LogP contribution in [-0.2, 0) is 21.0 Å². The number of anilines is 1. The van der Waals surface area contributed by atoms with Gasteiger partial charge in [0.05, 0.1) is 17.0 Å². The molecule has 0 aliphatic carbocycles. The van der Waals surface area contributed by atoms with E-state index in [0.29, 0.717) is 18.0 Å². The minimum atomic E-state index is -4.49. The van der Waals surface area contributed by atoms with Crippen LogP contribution >= 0.6 is 0 Å². The third-order valence-corrected chi connectivity index (χ3v) is 8.24. The van der Waals surface area contributed by atoms with E-state index in [-0.39, 0.29) is 25.3 Å². The number of hydrogen-bond acceptors (Lipinski definition) is 4. The van der Waals surface area contributed by atoms with Crippen molar-refractivity contribution in [2.75, 3.05) is 38.0 Å². The topological polar surface area (TPSA) is 69.7 Å². The molecule has 1 aliphatic rings. The van der Waals surface area contributed by atoms with Crippen LogP contribution in [-0.4, -0.2) is 56.3 Å². The summed E-state index contributed by atoms with van der Waals surface area (Å²) in [7, 11) is -3.69. The molecule has 1 heterocycles. The van der Waals surface area contributed by atoms with Crippen molar-refractivity contribution in [1.29, 1.82) is 0 Å². The van der Waals surface area contributed by atoms with Crippen molar-refractivity contribution in [3.8, 4) is 0 Å². The van der Waals surface area contributed by atoms with E-state index in [0.717, 1.165) is 34.4 Å². The second kappa shape index (κ2) is 9.44. The number of carbonyl (C=O) groups is 1. The van der Waals surface area contributed by atoms with Crippen LogP contribution in [0.2, 0.25) is 0 Å². The lowest BCUT2D eigenvalue weighted by Gasteiger charge is -2.34. The highest BCUT2D eigenvalue weighted by Crippen LogP contribution is 2.31. The van der Waals surface area contributed by atoms with E-state index in [2.05, 4.69) is 5.32 Å². The lowest BCUT2D eigenvalue weighted by Crippen LogP contribution is -2.50. The monoisotopic (exact) mass is 483 g/mol. The van der Waals surface area contributed by atoms with E-state index in [1.54, 1.807) is 4.90 Å². The Morgan fingerprint density at radius 3 is 2.09 bits per heavy atom. The molecule has 3 rings (SSSR count). The van der Waals surface area contributed by atoms with Crippen molar-refractivity contribution < 1.29 is 26.4 Å². The van der Waals surface area contributed by atoms with Crippen LogP contribution in [0.4, 0.5) is 18.9 Å². The summed E-state index contributed by atoms with van der Waals surface area (Å²) >= 11 is 0. The molecular weight excluding hydrogens is 455 g/mol. The summed E-state index contributed by atoms with van der Waals surface area (Å²) in [5.74, 6) is -0.452. The smallest absolute Gasteiger partial charge is 0.325 e. The maximum Gasteiger partial charge on any atom is 0.416 e. The molecule has 10 heteroatoms. The Bertz CT molecular complexity index is 1130. The minimum Gasteiger partial charge on any atom is -0.325 e. The maximum absolute atomic E-state index is 13.4. The standard InChI is InChI=1S/C23H28F3N3O3S/c1-15-12-16(2)18(4)22(17(15)3)33(31,32)29-10-8-28(9-11-29)14-21(30)27-20-7-5-6-19(13-20)23(24,25)26/h5-7,12-13H,8-11,14H2,1-4H3,(H,27,30). The van der Waals surface area contributed by atoms with Crippen LogP contribution in [0.15, 0.2) is 35.2 Å². The van der Waals surface area contributed by atoms with Gasteiger partial charge in [0.25, 0.3) is 0 Å². The molecule has 33 heavy (non-hydrogen) atoms. The number of piperazine rings is 1. The number of amides is 1. The van der Waals surface area contributed by atoms with Gasteiger partial charge in [-0.05, 0) is 68.1 Å². The molecule has 0 aromatic heterocycles. The Kier molecular flexibility index (Phi) is 7.21. The van der Waals surface area contributed by atoms with Gasteiger partial charge in [-0.3, -0.25) is 9.69 Å². The second-order valence-electron chi connectivity index (χ2n) is 8.40. The summed E-state index contributed by atoms with van der Waals surface area (Å²) in [6.07, 6.45) is -4.49. The number of carbonyl (C=O) groups excluding carboxylic acids is 1. The number of halogens is 3. The van der Waals surface area contributed by atoms with Crippen LogP contribution in [0.5, 0.6) is 0 Å². The van der Waals surface area contributed by atoms with Crippen molar-refractivity contribution in [1.82, 2.24) is 9.21 Å². The van der Waals surface area contributed by atoms with Gasteiger partial charge in [-0.1, -0.05) is 12.1 Å². The molecule has 180 valence electrons. The van der Waals surface area contributed by atoms with E-state index in [4.69, 9.17) is 0 Å². The molecule has 0 radical (unpaired) electrons. The van der Waals surface area contributed by atoms with Crippen LogP contribution in [0, 0.1) is 27.7 Å². The normalized spacial score (nSPS) is 16.1. The van der Waals surface area contributed by atoms with Gasteiger partial charge in [0.15, 0.2) is 0 Å². The average molecular weight is 484 g/mol. The SMILES string of the molecule is Cc1cc(C)c(C)c(S(=O)(=O)N2CCN(CC(=O)Nc3cccc(C(F)(F)F)c3)CC2)c1C. The van der Waals surface area contributed by atoms with Crippen LogP contribution in [0.25, 0.3) is 0 Å². The fraction of sp³-hybridized carbons (Fsp3) is 0.435. The maximum atomic E-state index is 13.4. The van der Waals surface area contributed by atoms with Gasteiger partial charge in [0, 0.05) is 31.9 Å². The number of nitrogens with one attached hydrogen (secondary N) is 1. The van der Waals surface area contributed by atoms with Gasteiger partial charge >= 0.3 is 6.18 Å². The Morgan fingerprint density at radius 2 is 1.55 bits per heavy atom. The molecule has 0 spiro atoms. The molecule has 0 saturated carbocycles. The van der Waals surface area contributed by atoms with Gasteiger partial charge in [0.2, 0.25) is 15.9 Å². The van der Waals surface area contributed by atoms with Crippen molar-refractivity contribution in [2.45, 2.75) is 38.8 Å². The molecule has 0 atom stereocenters. The third-order valence-electron chi connectivity index (χ3n) is 6.07. The van der Waals surface area contributed by atoms with Crippen molar-refractivity contribution in [3.05, 3.63) is 58.1 Å². The Morgan fingerprint density at radius 1 is 0.970 bits per heavy atom. The predicted molar refractivity (Wildman–Crippen MR) is 121 cm³/mol. The molecule has 1 fully saturated rings. The predicted octanol–water partition coefficient (Wildman–Crippen LogP) is 3.88. The summed E-state index contributed by atoms with van der Waals surface area (Å²) in [6, 6.07) is 6.43. The first-order chi connectivity index (χ1) is 15.3. The van der Waals surface area contributed by atoms with Crippen LogP contribution in [0.1, 0.15) is 27.8 Å². The quantitative estimate of drug-likeness (QED) is 0.701. The first-order valence-corrected chi connectivity index (χ1v) is 12.0. The zero-order valence-electron chi connectivity index (χ0n) is 19.1.